The minimum atomic E-state index is 0.710. The average Bonchev–Trinajstić information content (AvgIpc) is 2.39. The van der Waals surface area contributed by atoms with Crippen molar-refractivity contribution in [2.75, 3.05) is 6.54 Å². The van der Waals surface area contributed by atoms with Gasteiger partial charge in [-0.1, -0.05) is 72.1 Å². The zero-order valence-electron chi connectivity index (χ0n) is 13.4. The number of hydrogen-bond donors (Lipinski definition) is 1. The molecule has 18 heavy (non-hydrogen) atoms. The molecule has 0 spiro atoms. The van der Waals surface area contributed by atoms with Crippen molar-refractivity contribution in [2.45, 2.75) is 97.9 Å². The predicted octanol–water partition coefficient (Wildman–Crippen LogP) is 5.54. The lowest BCUT2D eigenvalue weighted by molar-refractivity contribution is 0.382. The van der Waals surface area contributed by atoms with Crippen LogP contribution in [0.1, 0.15) is 91.9 Å². The van der Waals surface area contributed by atoms with Crippen LogP contribution in [0.15, 0.2) is 0 Å². The normalized spacial score (nSPS) is 14.7. The molecule has 0 radical (unpaired) electrons. The number of unbranched alkanes of at least 4 members (excludes halogenated alkanes) is 5. The minimum absolute atomic E-state index is 0.710. The highest BCUT2D eigenvalue weighted by molar-refractivity contribution is 4.66. The molecule has 0 aromatic heterocycles. The molecule has 0 aliphatic heterocycles. The van der Waals surface area contributed by atoms with E-state index in [4.69, 9.17) is 0 Å². The molecule has 0 bridgehead atoms. The minimum Gasteiger partial charge on any atom is -0.314 e. The first-order valence-corrected chi connectivity index (χ1v) is 8.47. The number of rotatable bonds is 13. The third kappa shape index (κ3) is 11.1. The number of nitrogens with one attached hydrogen (secondary N) is 1. The van der Waals surface area contributed by atoms with Gasteiger partial charge in [-0.25, -0.2) is 0 Å². The smallest absolute Gasteiger partial charge is 0.00388 e. The Bertz CT molecular complexity index is 156. The van der Waals surface area contributed by atoms with E-state index in [1.54, 1.807) is 0 Å². The second-order valence-corrected chi connectivity index (χ2v) is 5.93. The highest BCUT2D eigenvalue weighted by Crippen LogP contribution is 2.12. The Morgan fingerprint density at radius 3 is 2.06 bits per heavy atom. The maximum Gasteiger partial charge on any atom is 0.00388 e. The summed E-state index contributed by atoms with van der Waals surface area (Å²) in [5, 5.41) is 3.73. The average molecular weight is 255 g/mol. The highest BCUT2D eigenvalue weighted by atomic mass is 14.9. The highest BCUT2D eigenvalue weighted by Gasteiger charge is 2.07. The molecule has 1 heteroatoms. The van der Waals surface area contributed by atoms with Crippen molar-refractivity contribution in [1.29, 1.82) is 0 Å². The summed E-state index contributed by atoms with van der Waals surface area (Å²) >= 11 is 0. The molecule has 0 heterocycles. The monoisotopic (exact) mass is 255 g/mol. The fraction of sp³-hybridized carbons (Fsp3) is 1.00. The summed E-state index contributed by atoms with van der Waals surface area (Å²) in [6, 6.07) is 0.710. The Balaban J connectivity index is 3.45. The first kappa shape index (κ1) is 18.0. The Morgan fingerprint density at radius 2 is 1.44 bits per heavy atom. The van der Waals surface area contributed by atoms with Crippen molar-refractivity contribution in [1.82, 2.24) is 5.32 Å². The second-order valence-electron chi connectivity index (χ2n) is 5.93. The van der Waals surface area contributed by atoms with Gasteiger partial charge in [0.1, 0.15) is 0 Å². The van der Waals surface area contributed by atoms with E-state index in [9.17, 15) is 0 Å². The lowest BCUT2D eigenvalue weighted by atomic mass is 9.98. The molecule has 0 saturated heterocycles. The third-order valence-corrected chi connectivity index (χ3v) is 4.04. The largest absolute Gasteiger partial charge is 0.314 e. The molecule has 0 saturated carbocycles. The molecular weight excluding hydrogens is 218 g/mol. The summed E-state index contributed by atoms with van der Waals surface area (Å²) in [5.74, 6) is 0.896. The second kappa shape index (κ2) is 13.4. The predicted molar refractivity (Wildman–Crippen MR) is 84.1 cm³/mol. The van der Waals surface area contributed by atoms with Crippen LogP contribution in [0.3, 0.4) is 0 Å². The fourth-order valence-corrected chi connectivity index (χ4v) is 2.47. The first-order valence-electron chi connectivity index (χ1n) is 8.47. The van der Waals surface area contributed by atoms with Crippen molar-refractivity contribution in [3.8, 4) is 0 Å². The van der Waals surface area contributed by atoms with Gasteiger partial charge in [0, 0.05) is 6.04 Å². The van der Waals surface area contributed by atoms with Crippen LogP contribution in [0, 0.1) is 5.92 Å². The molecule has 0 aromatic rings. The number of hydrogen-bond acceptors (Lipinski definition) is 1. The van der Waals surface area contributed by atoms with Crippen LogP contribution in [-0.4, -0.2) is 12.6 Å². The zero-order chi connectivity index (χ0) is 13.6. The van der Waals surface area contributed by atoms with Gasteiger partial charge >= 0.3 is 0 Å². The Labute approximate surface area is 116 Å². The van der Waals surface area contributed by atoms with E-state index >= 15 is 0 Å². The maximum absolute atomic E-state index is 3.73. The molecule has 1 N–H and O–H groups in total. The molecule has 0 amide bonds. The molecular formula is C17H37N. The lowest BCUT2D eigenvalue weighted by Crippen LogP contribution is -2.31. The van der Waals surface area contributed by atoms with Gasteiger partial charge in [-0.05, 0) is 32.2 Å². The van der Waals surface area contributed by atoms with Gasteiger partial charge < -0.3 is 5.32 Å². The van der Waals surface area contributed by atoms with Gasteiger partial charge in [0.15, 0.2) is 0 Å². The summed E-state index contributed by atoms with van der Waals surface area (Å²) in [5.41, 5.74) is 0. The molecule has 2 atom stereocenters. The summed E-state index contributed by atoms with van der Waals surface area (Å²) in [7, 11) is 0. The van der Waals surface area contributed by atoms with E-state index in [2.05, 4.69) is 33.0 Å². The standard InChI is InChI=1S/C17H37N/c1-5-8-10-11-12-13-16(4)18-15-17(7-3)14-9-6-2/h16-18H,5-15H2,1-4H3. The molecule has 0 aliphatic carbocycles. The maximum atomic E-state index is 3.73. The van der Waals surface area contributed by atoms with E-state index in [1.807, 2.05) is 0 Å². The Hall–Kier alpha value is -0.0400. The zero-order valence-corrected chi connectivity index (χ0v) is 13.4. The van der Waals surface area contributed by atoms with E-state index in [1.165, 1.54) is 70.8 Å². The van der Waals surface area contributed by atoms with Crippen LogP contribution in [0.25, 0.3) is 0 Å². The first-order chi connectivity index (χ1) is 8.74. The van der Waals surface area contributed by atoms with Crippen molar-refractivity contribution in [3.63, 3.8) is 0 Å². The Morgan fingerprint density at radius 1 is 0.778 bits per heavy atom. The van der Waals surface area contributed by atoms with Crippen molar-refractivity contribution >= 4 is 0 Å². The van der Waals surface area contributed by atoms with Crippen LogP contribution in [0.5, 0.6) is 0 Å². The van der Waals surface area contributed by atoms with Gasteiger partial charge in [0.25, 0.3) is 0 Å². The van der Waals surface area contributed by atoms with Gasteiger partial charge in [-0.2, -0.15) is 0 Å². The van der Waals surface area contributed by atoms with Gasteiger partial charge in [-0.15, -0.1) is 0 Å². The van der Waals surface area contributed by atoms with Gasteiger partial charge in [-0.3, -0.25) is 0 Å². The van der Waals surface area contributed by atoms with E-state index in [0.717, 1.165) is 5.92 Å². The van der Waals surface area contributed by atoms with Crippen LogP contribution in [-0.2, 0) is 0 Å². The van der Waals surface area contributed by atoms with Crippen molar-refractivity contribution in [3.05, 3.63) is 0 Å². The topological polar surface area (TPSA) is 12.0 Å². The lowest BCUT2D eigenvalue weighted by Gasteiger charge is -2.19. The van der Waals surface area contributed by atoms with Crippen molar-refractivity contribution < 1.29 is 0 Å². The summed E-state index contributed by atoms with van der Waals surface area (Å²) in [6.07, 6.45) is 13.8. The molecule has 0 rings (SSSR count). The molecule has 2 unspecified atom stereocenters. The summed E-state index contributed by atoms with van der Waals surface area (Å²) in [4.78, 5) is 0. The molecule has 0 fully saturated rings. The molecule has 0 aromatic carbocycles. The van der Waals surface area contributed by atoms with Crippen molar-refractivity contribution in [2.24, 2.45) is 5.92 Å². The fourth-order valence-electron chi connectivity index (χ4n) is 2.47. The SMILES string of the molecule is CCCCCCCC(C)NCC(CC)CCCC. The van der Waals surface area contributed by atoms with Crippen LogP contribution < -0.4 is 5.32 Å². The van der Waals surface area contributed by atoms with Crippen LogP contribution in [0.4, 0.5) is 0 Å². The molecule has 1 nitrogen and oxygen atoms in total. The quantitative estimate of drug-likeness (QED) is 0.426. The van der Waals surface area contributed by atoms with Crippen LogP contribution in [0.2, 0.25) is 0 Å². The Kier molecular flexibility index (Phi) is 13.4. The summed E-state index contributed by atoms with van der Waals surface area (Å²) < 4.78 is 0. The van der Waals surface area contributed by atoms with Crippen LogP contribution >= 0.6 is 0 Å². The van der Waals surface area contributed by atoms with E-state index in [0.29, 0.717) is 6.04 Å². The summed E-state index contributed by atoms with van der Waals surface area (Å²) in [6.45, 7) is 10.5. The molecule has 0 aliphatic rings. The third-order valence-electron chi connectivity index (χ3n) is 4.04. The molecule has 110 valence electrons. The van der Waals surface area contributed by atoms with Gasteiger partial charge in [0.2, 0.25) is 0 Å². The van der Waals surface area contributed by atoms with Gasteiger partial charge in [0.05, 0.1) is 0 Å². The van der Waals surface area contributed by atoms with E-state index in [-0.39, 0.29) is 0 Å². The van der Waals surface area contributed by atoms with E-state index < -0.39 is 0 Å².